The fourth-order valence-corrected chi connectivity index (χ4v) is 4.35. The third-order valence-electron chi connectivity index (χ3n) is 6.12. The summed E-state index contributed by atoms with van der Waals surface area (Å²) in [5.41, 5.74) is 4.87. The van der Waals surface area contributed by atoms with Crippen molar-refractivity contribution in [3.8, 4) is 11.4 Å². The van der Waals surface area contributed by atoms with Gasteiger partial charge in [-0.2, -0.15) is 0 Å². The number of hydrogen-bond acceptors (Lipinski definition) is 3. The topological polar surface area (TPSA) is 54.6 Å². The summed E-state index contributed by atoms with van der Waals surface area (Å²) in [6.07, 6.45) is 7.52. The molecule has 2 N–H and O–H groups in total. The Morgan fingerprint density at radius 1 is 0.688 bits per heavy atom. The fraction of sp³-hybridized carbons (Fsp3) is 0.357. The lowest BCUT2D eigenvalue weighted by atomic mass is 10.1. The van der Waals surface area contributed by atoms with E-state index in [4.69, 9.17) is 4.74 Å². The molecule has 0 aliphatic rings. The number of hydrogen-bond donors (Lipinski definition) is 2. The highest BCUT2D eigenvalue weighted by molar-refractivity contribution is 6.09. The predicted octanol–water partition coefficient (Wildman–Crippen LogP) is 6.51. The summed E-state index contributed by atoms with van der Waals surface area (Å²) >= 11 is 0. The zero-order chi connectivity index (χ0) is 22.3. The van der Waals surface area contributed by atoms with Gasteiger partial charge in [0.15, 0.2) is 0 Å². The van der Waals surface area contributed by atoms with Crippen molar-refractivity contribution in [3.63, 3.8) is 0 Å². The molecule has 1 heterocycles. The highest BCUT2D eigenvalue weighted by Crippen LogP contribution is 2.34. The standard InChI is InChI=1S/C28H33NO3/c1-2-3-4-5-6-7-16-32-24-12-10-23(11-13-24)29-27-17-21(19-30)8-14-25(27)26-15-9-22(20-31)18-28(26)29/h8-15,17-18,30-31H,2-7,16,19-20H2,1H3. The smallest absolute Gasteiger partial charge is 0.119 e. The lowest BCUT2D eigenvalue weighted by molar-refractivity contribution is 0.282. The summed E-state index contributed by atoms with van der Waals surface area (Å²) in [6.45, 7) is 3.00. The van der Waals surface area contributed by atoms with Gasteiger partial charge in [0.2, 0.25) is 0 Å². The van der Waals surface area contributed by atoms with Crippen molar-refractivity contribution < 1.29 is 14.9 Å². The normalized spacial score (nSPS) is 11.5. The molecular formula is C28H33NO3. The van der Waals surface area contributed by atoms with E-state index in [1.54, 1.807) is 0 Å². The summed E-state index contributed by atoms with van der Waals surface area (Å²) in [4.78, 5) is 0. The van der Waals surface area contributed by atoms with Gasteiger partial charge >= 0.3 is 0 Å². The second-order valence-electron chi connectivity index (χ2n) is 8.46. The van der Waals surface area contributed by atoms with Crippen molar-refractivity contribution in [2.75, 3.05) is 6.61 Å². The SMILES string of the molecule is CCCCCCCCOc1ccc(-n2c3cc(CO)ccc3c3ccc(CO)cc32)cc1. The van der Waals surface area contributed by atoms with E-state index >= 15 is 0 Å². The van der Waals surface area contributed by atoms with Crippen LogP contribution >= 0.6 is 0 Å². The lowest BCUT2D eigenvalue weighted by Gasteiger charge is -2.11. The molecule has 0 atom stereocenters. The Hall–Kier alpha value is -2.82. The lowest BCUT2D eigenvalue weighted by Crippen LogP contribution is -1.99. The number of ether oxygens (including phenoxy) is 1. The third kappa shape index (κ3) is 4.82. The summed E-state index contributed by atoms with van der Waals surface area (Å²) in [6, 6.07) is 20.3. The molecule has 168 valence electrons. The number of rotatable bonds is 11. The van der Waals surface area contributed by atoms with Crippen molar-refractivity contribution in [1.29, 1.82) is 0 Å². The van der Waals surface area contributed by atoms with Gasteiger partial charge in [0, 0.05) is 16.5 Å². The molecule has 0 fully saturated rings. The largest absolute Gasteiger partial charge is 0.494 e. The molecule has 0 bridgehead atoms. The van der Waals surface area contributed by atoms with Crippen LogP contribution in [0.25, 0.3) is 27.5 Å². The molecule has 1 aromatic heterocycles. The molecule has 0 aliphatic heterocycles. The molecule has 4 heteroatoms. The Bertz CT molecular complexity index is 1100. The van der Waals surface area contributed by atoms with Crippen LogP contribution in [0.4, 0.5) is 0 Å². The maximum atomic E-state index is 9.66. The second kappa shape index (κ2) is 10.7. The summed E-state index contributed by atoms with van der Waals surface area (Å²) in [5, 5.41) is 21.6. The second-order valence-corrected chi connectivity index (χ2v) is 8.46. The van der Waals surface area contributed by atoms with Gasteiger partial charge in [0.1, 0.15) is 5.75 Å². The van der Waals surface area contributed by atoms with Crippen molar-refractivity contribution >= 4 is 21.8 Å². The molecule has 0 aliphatic carbocycles. The summed E-state index contributed by atoms with van der Waals surface area (Å²) in [5.74, 6) is 0.884. The van der Waals surface area contributed by atoms with Crippen molar-refractivity contribution in [2.24, 2.45) is 0 Å². The van der Waals surface area contributed by atoms with Crippen LogP contribution in [0.2, 0.25) is 0 Å². The van der Waals surface area contributed by atoms with Crippen LogP contribution in [0.1, 0.15) is 56.6 Å². The number of nitrogens with zero attached hydrogens (tertiary/aromatic N) is 1. The summed E-state index contributed by atoms with van der Waals surface area (Å²) < 4.78 is 8.15. The van der Waals surface area contributed by atoms with Crippen LogP contribution in [-0.2, 0) is 13.2 Å². The number of aliphatic hydroxyl groups is 2. The van der Waals surface area contributed by atoms with E-state index < -0.39 is 0 Å². The molecule has 4 aromatic rings. The first kappa shape index (κ1) is 22.4. The molecule has 0 amide bonds. The molecule has 0 saturated carbocycles. The van der Waals surface area contributed by atoms with Crippen LogP contribution in [0, 0.1) is 0 Å². The molecule has 4 rings (SSSR count). The zero-order valence-electron chi connectivity index (χ0n) is 18.9. The van der Waals surface area contributed by atoms with Gasteiger partial charge in [0.05, 0.1) is 30.9 Å². The van der Waals surface area contributed by atoms with Crippen LogP contribution in [0.5, 0.6) is 5.75 Å². The van der Waals surface area contributed by atoms with E-state index in [0.29, 0.717) is 0 Å². The van der Waals surface area contributed by atoms with E-state index in [9.17, 15) is 10.2 Å². The van der Waals surface area contributed by atoms with Crippen molar-refractivity contribution in [1.82, 2.24) is 4.57 Å². The Kier molecular flexibility index (Phi) is 7.46. The molecule has 0 saturated heterocycles. The first-order chi connectivity index (χ1) is 15.7. The van der Waals surface area contributed by atoms with Gasteiger partial charge in [-0.1, -0.05) is 63.3 Å². The molecule has 3 aromatic carbocycles. The highest BCUT2D eigenvalue weighted by atomic mass is 16.5. The van der Waals surface area contributed by atoms with Gasteiger partial charge in [-0.15, -0.1) is 0 Å². The number of fused-ring (bicyclic) bond motifs is 3. The number of benzene rings is 3. The molecular weight excluding hydrogens is 398 g/mol. The fourth-order valence-electron chi connectivity index (χ4n) is 4.35. The Morgan fingerprint density at radius 2 is 1.25 bits per heavy atom. The van der Waals surface area contributed by atoms with Gasteiger partial charge in [-0.05, 0) is 53.9 Å². The molecule has 0 unspecified atom stereocenters. The van der Waals surface area contributed by atoms with Gasteiger partial charge < -0.3 is 19.5 Å². The van der Waals surface area contributed by atoms with E-state index in [1.165, 1.54) is 32.1 Å². The average molecular weight is 432 g/mol. The van der Waals surface area contributed by atoms with Crippen LogP contribution in [0.3, 0.4) is 0 Å². The average Bonchev–Trinajstić information content (AvgIpc) is 3.16. The number of unbranched alkanes of at least 4 members (excludes halogenated alkanes) is 5. The summed E-state index contributed by atoms with van der Waals surface area (Å²) in [7, 11) is 0. The Labute approximate surface area is 190 Å². The Morgan fingerprint density at radius 3 is 1.81 bits per heavy atom. The van der Waals surface area contributed by atoms with Gasteiger partial charge in [-0.25, -0.2) is 0 Å². The molecule has 0 spiro atoms. The van der Waals surface area contributed by atoms with E-state index in [0.717, 1.165) is 57.4 Å². The molecule has 0 radical (unpaired) electrons. The van der Waals surface area contributed by atoms with E-state index in [1.807, 2.05) is 36.4 Å². The van der Waals surface area contributed by atoms with Crippen molar-refractivity contribution in [3.05, 3.63) is 71.8 Å². The number of aromatic nitrogens is 1. The minimum Gasteiger partial charge on any atom is -0.494 e. The van der Waals surface area contributed by atoms with Gasteiger partial charge in [0.25, 0.3) is 0 Å². The highest BCUT2D eigenvalue weighted by Gasteiger charge is 2.13. The van der Waals surface area contributed by atoms with E-state index in [2.05, 4.69) is 35.8 Å². The van der Waals surface area contributed by atoms with Crippen LogP contribution in [0.15, 0.2) is 60.7 Å². The van der Waals surface area contributed by atoms with Crippen LogP contribution in [-0.4, -0.2) is 21.4 Å². The predicted molar refractivity (Wildman–Crippen MR) is 131 cm³/mol. The van der Waals surface area contributed by atoms with Crippen molar-refractivity contribution in [2.45, 2.75) is 58.7 Å². The minimum atomic E-state index is 0.00454. The monoisotopic (exact) mass is 431 g/mol. The Balaban J connectivity index is 1.59. The quantitative estimate of drug-likeness (QED) is 0.266. The first-order valence-corrected chi connectivity index (χ1v) is 11.8. The van der Waals surface area contributed by atoms with Crippen LogP contribution < -0.4 is 4.74 Å². The first-order valence-electron chi connectivity index (χ1n) is 11.8. The molecule has 4 nitrogen and oxygen atoms in total. The third-order valence-corrected chi connectivity index (χ3v) is 6.12. The zero-order valence-corrected chi connectivity index (χ0v) is 18.9. The maximum absolute atomic E-state index is 9.66. The minimum absolute atomic E-state index is 0.00454. The molecule has 32 heavy (non-hydrogen) atoms. The number of aliphatic hydroxyl groups excluding tert-OH is 2. The van der Waals surface area contributed by atoms with Gasteiger partial charge in [-0.3, -0.25) is 0 Å². The maximum Gasteiger partial charge on any atom is 0.119 e. The van der Waals surface area contributed by atoms with E-state index in [-0.39, 0.29) is 13.2 Å².